The van der Waals surface area contributed by atoms with Crippen LogP contribution in [0.3, 0.4) is 0 Å². The molecule has 1 aromatic carbocycles. The van der Waals surface area contributed by atoms with E-state index in [1.165, 1.54) is 0 Å². The highest BCUT2D eigenvalue weighted by Gasteiger charge is 2.10. The van der Waals surface area contributed by atoms with Gasteiger partial charge >= 0.3 is 0 Å². The molecule has 0 aliphatic carbocycles. The molecule has 0 heterocycles. The summed E-state index contributed by atoms with van der Waals surface area (Å²) in [6.45, 7) is 5.44. The number of hydrogen-bond donors (Lipinski definition) is 0. The number of benzene rings is 1. The Morgan fingerprint density at radius 3 is 2.38 bits per heavy atom. The van der Waals surface area contributed by atoms with Crippen molar-refractivity contribution < 1.29 is 9.53 Å². The maximum atomic E-state index is 11.2. The Morgan fingerprint density at radius 1 is 1.31 bits per heavy atom. The Labute approximate surface area is 78.5 Å². The summed E-state index contributed by atoms with van der Waals surface area (Å²) in [4.78, 5) is 11.2. The summed E-state index contributed by atoms with van der Waals surface area (Å²) < 4.78 is 5.21. The summed E-state index contributed by atoms with van der Waals surface area (Å²) >= 11 is 0. The first-order valence-corrected chi connectivity index (χ1v) is 4.23. The second kappa shape index (κ2) is 3.60. The van der Waals surface area contributed by atoms with Crippen molar-refractivity contribution in [2.75, 3.05) is 7.11 Å². The normalized spacial score (nSPS) is 9.85. The van der Waals surface area contributed by atoms with E-state index < -0.39 is 0 Å². The van der Waals surface area contributed by atoms with E-state index in [-0.39, 0.29) is 5.78 Å². The molecule has 0 N–H and O–H groups in total. The van der Waals surface area contributed by atoms with Gasteiger partial charge in [0.25, 0.3) is 0 Å². The second-order valence-corrected chi connectivity index (χ2v) is 3.14. The highest BCUT2D eigenvalue weighted by Crippen LogP contribution is 2.25. The number of Topliss-reactive ketones (excluding diaryl/α,β-unsaturated/α-hetero) is 1. The predicted molar refractivity (Wildman–Crippen MR) is 52.5 cm³/mol. The summed E-state index contributed by atoms with van der Waals surface area (Å²) in [5.74, 6) is 0.892. The zero-order valence-corrected chi connectivity index (χ0v) is 8.47. The van der Waals surface area contributed by atoms with Crippen LogP contribution in [0.4, 0.5) is 0 Å². The third-order valence-electron chi connectivity index (χ3n) is 2.19. The van der Waals surface area contributed by atoms with Gasteiger partial charge in [0, 0.05) is 11.1 Å². The Hall–Kier alpha value is -1.31. The van der Waals surface area contributed by atoms with Gasteiger partial charge in [-0.05, 0) is 26.3 Å². The Bertz CT molecular complexity index is 340. The number of ether oxygens (including phenoxy) is 1. The molecular weight excluding hydrogens is 164 g/mol. The minimum atomic E-state index is 0.0794. The van der Waals surface area contributed by atoms with Gasteiger partial charge < -0.3 is 4.74 Å². The third-order valence-corrected chi connectivity index (χ3v) is 2.19. The molecule has 0 amide bonds. The van der Waals surface area contributed by atoms with Crippen LogP contribution in [0.1, 0.15) is 28.4 Å². The summed E-state index contributed by atoms with van der Waals surface area (Å²) in [6.07, 6.45) is 0. The van der Waals surface area contributed by atoms with Crippen molar-refractivity contribution in [2.45, 2.75) is 20.8 Å². The van der Waals surface area contributed by atoms with Crippen molar-refractivity contribution in [1.29, 1.82) is 0 Å². The van der Waals surface area contributed by atoms with Gasteiger partial charge in [0.2, 0.25) is 0 Å². The lowest BCUT2D eigenvalue weighted by atomic mass is 10.0. The van der Waals surface area contributed by atoms with Crippen LogP contribution < -0.4 is 4.74 Å². The zero-order chi connectivity index (χ0) is 10.0. The van der Waals surface area contributed by atoms with Crippen LogP contribution in [0.15, 0.2) is 12.1 Å². The molecule has 0 saturated carbocycles. The smallest absolute Gasteiger partial charge is 0.160 e. The van der Waals surface area contributed by atoms with E-state index in [4.69, 9.17) is 4.74 Å². The van der Waals surface area contributed by atoms with E-state index in [1.807, 2.05) is 26.0 Å². The highest BCUT2D eigenvalue weighted by molar-refractivity contribution is 5.96. The molecule has 0 atom stereocenters. The predicted octanol–water partition coefficient (Wildman–Crippen LogP) is 2.51. The maximum Gasteiger partial charge on any atom is 0.160 e. The minimum Gasteiger partial charge on any atom is -0.496 e. The van der Waals surface area contributed by atoms with E-state index in [9.17, 15) is 4.79 Å². The summed E-state index contributed by atoms with van der Waals surface area (Å²) in [5.41, 5.74) is 2.72. The Morgan fingerprint density at radius 2 is 1.92 bits per heavy atom. The van der Waals surface area contributed by atoms with Crippen LogP contribution in [-0.2, 0) is 0 Å². The zero-order valence-electron chi connectivity index (χ0n) is 8.47. The fourth-order valence-corrected chi connectivity index (χ4v) is 1.52. The van der Waals surface area contributed by atoms with Crippen LogP contribution >= 0.6 is 0 Å². The first kappa shape index (κ1) is 9.78. The highest BCUT2D eigenvalue weighted by atomic mass is 16.5. The standard InChI is InChI=1S/C11H14O2/c1-7-5-6-10(9(3)12)8(2)11(7)13-4/h5-6H,1-4H3. The number of methoxy groups -OCH3 is 1. The number of hydrogen-bond acceptors (Lipinski definition) is 2. The van der Waals surface area contributed by atoms with E-state index in [0.717, 1.165) is 22.4 Å². The monoisotopic (exact) mass is 178 g/mol. The lowest BCUT2D eigenvalue weighted by molar-refractivity contribution is 0.101. The number of aryl methyl sites for hydroxylation is 1. The molecule has 0 aromatic heterocycles. The number of rotatable bonds is 2. The van der Waals surface area contributed by atoms with E-state index >= 15 is 0 Å². The SMILES string of the molecule is COc1c(C)ccc(C(C)=O)c1C. The van der Waals surface area contributed by atoms with Gasteiger partial charge in [-0.2, -0.15) is 0 Å². The molecule has 0 fully saturated rings. The van der Waals surface area contributed by atoms with Gasteiger partial charge in [0.15, 0.2) is 5.78 Å². The van der Waals surface area contributed by atoms with E-state index in [0.29, 0.717) is 0 Å². The average molecular weight is 178 g/mol. The summed E-state index contributed by atoms with van der Waals surface area (Å²) in [5, 5.41) is 0. The van der Waals surface area contributed by atoms with Crippen molar-refractivity contribution in [1.82, 2.24) is 0 Å². The molecule has 0 spiro atoms. The second-order valence-electron chi connectivity index (χ2n) is 3.14. The van der Waals surface area contributed by atoms with Crippen molar-refractivity contribution in [3.8, 4) is 5.75 Å². The van der Waals surface area contributed by atoms with Gasteiger partial charge in [0.05, 0.1) is 7.11 Å². The lowest BCUT2D eigenvalue weighted by Gasteiger charge is -2.10. The van der Waals surface area contributed by atoms with Gasteiger partial charge in [-0.1, -0.05) is 12.1 Å². The van der Waals surface area contributed by atoms with Crippen LogP contribution in [0, 0.1) is 13.8 Å². The molecular formula is C11H14O2. The summed E-state index contributed by atoms with van der Waals surface area (Å²) in [6, 6.07) is 3.75. The largest absolute Gasteiger partial charge is 0.496 e. The number of ketones is 1. The number of carbonyl (C=O) groups excluding carboxylic acids is 1. The molecule has 0 bridgehead atoms. The molecule has 0 aliphatic rings. The van der Waals surface area contributed by atoms with Crippen molar-refractivity contribution in [3.05, 3.63) is 28.8 Å². The van der Waals surface area contributed by atoms with Crippen LogP contribution in [0.25, 0.3) is 0 Å². The first-order valence-electron chi connectivity index (χ1n) is 4.23. The molecule has 1 rings (SSSR count). The van der Waals surface area contributed by atoms with Crippen molar-refractivity contribution in [3.63, 3.8) is 0 Å². The Kier molecular flexibility index (Phi) is 2.71. The van der Waals surface area contributed by atoms with E-state index in [1.54, 1.807) is 14.0 Å². The maximum absolute atomic E-state index is 11.2. The van der Waals surface area contributed by atoms with Crippen molar-refractivity contribution >= 4 is 5.78 Å². The first-order chi connectivity index (χ1) is 6.07. The van der Waals surface area contributed by atoms with Crippen LogP contribution in [-0.4, -0.2) is 12.9 Å². The molecule has 70 valence electrons. The lowest BCUT2D eigenvalue weighted by Crippen LogP contribution is -2.00. The fraction of sp³-hybridized carbons (Fsp3) is 0.364. The topological polar surface area (TPSA) is 26.3 Å². The minimum absolute atomic E-state index is 0.0794. The van der Waals surface area contributed by atoms with Gasteiger partial charge in [0.1, 0.15) is 5.75 Å². The molecule has 0 saturated heterocycles. The molecule has 0 radical (unpaired) electrons. The van der Waals surface area contributed by atoms with Gasteiger partial charge in [-0.25, -0.2) is 0 Å². The molecule has 0 aliphatic heterocycles. The Balaban J connectivity index is 3.35. The fourth-order valence-electron chi connectivity index (χ4n) is 1.52. The molecule has 1 aromatic rings. The number of carbonyl (C=O) groups is 1. The van der Waals surface area contributed by atoms with Gasteiger partial charge in [-0.15, -0.1) is 0 Å². The van der Waals surface area contributed by atoms with Gasteiger partial charge in [-0.3, -0.25) is 4.79 Å². The average Bonchev–Trinajstić information content (AvgIpc) is 2.04. The quantitative estimate of drug-likeness (QED) is 0.650. The van der Waals surface area contributed by atoms with Crippen molar-refractivity contribution in [2.24, 2.45) is 0 Å². The molecule has 2 heteroatoms. The van der Waals surface area contributed by atoms with E-state index in [2.05, 4.69) is 0 Å². The molecule has 0 unspecified atom stereocenters. The third kappa shape index (κ3) is 1.72. The summed E-state index contributed by atoms with van der Waals surface area (Å²) in [7, 11) is 1.62. The van der Waals surface area contributed by atoms with Crippen LogP contribution in [0.2, 0.25) is 0 Å². The molecule has 2 nitrogen and oxygen atoms in total. The molecule has 13 heavy (non-hydrogen) atoms. The van der Waals surface area contributed by atoms with Crippen LogP contribution in [0.5, 0.6) is 5.75 Å².